The van der Waals surface area contributed by atoms with Gasteiger partial charge in [-0.3, -0.25) is 9.80 Å². The number of nitrogens with one attached hydrogen (secondary N) is 1. The minimum Gasteiger partial charge on any atom is -0.495 e. The smallest absolute Gasteiger partial charge is 0.329 e. The third-order valence-corrected chi connectivity index (χ3v) is 6.27. The molecular weight excluding hydrogens is 411 g/mol. The molecule has 0 unspecified atom stereocenters. The second kappa shape index (κ2) is 7.05. The summed E-state index contributed by atoms with van der Waals surface area (Å²) in [6.45, 7) is 0.137. The van der Waals surface area contributed by atoms with Crippen molar-refractivity contribution in [3.8, 4) is 11.5 Å². The molecule has 3 heterocycles. The lowest BCUT2D eigenvalue weighted by Gasteiger charge is -2.44. The van der Waals surface area contributed by atoms with Crippen LogP contribution in [0.1, 0.15) is 24.8 Å². The van der Waals surface area contributed by atoms with Gasteiger partial charge in [0.25, 0.3) is 0 Å². The Morgan fingerprint density at radius 2 is 2.00 bits per heavy atom. The van der Waals surface area contributed by atoms with Gasteiger partial charge in [-0.1, -0.05) is 11.6 Å². The number of hydrogen-bond acceptors (Lipinski definition) is 4. The first kappa shape index (κ1) is 19.0. The van der Waals surface area contributed by atoms with Crippen LogP contribution >= 0.6 is 11.6 Å². The van der Waals surface area contributed by atoms with Gasteiger partial charge in [-0.15, -0.1) is 0 Å². The molecule has 1 fully saturated rings. The van der Waals surface area contributed by atoms with Crippen molar-refractivity contribution >= 4 is 40.0 Å². The molecule has 0 bridgehead atoms. The zero-order chi connectivity index (χ0) is 21.0. The van der Waals surface area contributed by atoms with Crippen LogP contribution in [0.4, 0.5) is 20.6 Å². The second-order valence-electron chi connectivity index (χ2n) is 7.45. The highest BCUT2D eigenvalue weighted by Crippen LogP contribution is 2.46. The number of pyridine rings is 1. The molecule has 9 heteroatoms. The Labute approximate surface area is 177 Å². The molecule has 1 saturated carbocycles. The van der Waals surface area contributed by atoms with Crippen LogP contribution in [0.2, 0.25) is 5.02 Å². The Morgan fingerprint density at radius 3 is 2.67 bits per heavy atom. The molecule has 1 aliphatic heterocycles. The van der Waals surface area contributed by atoms with E-state index in [9.17, 15) is 4.79 Å². The zero-order valence-electron chi connectivity index (χ0n) is 16.5. The molecule has 1 aromatic carbocycles. The minimum atomic E-state index is -0.704. The quantitative estimate of drug-likeness (QED) is 0.641. The molecule has 0 atom stereocenters. The van der Waals surface area contributed by atoms with Gasteiger partial charge in [0.2, 0.25) is 0 Å². The van der Waals surface area contributed by atoms with Crippen LogP contribution in [-0.2, 0) is 6.54 Å². The first-order valence-corrected chi connectivity index (χ1v) is 10.1. The van der Waals surface area contributed by atoms with E-state index in [2.05, 4.69) is 9.97 Å². The number of aromatic nitrogens is 2. The number of anilines is 2. The highest BCUT2D eigenvalue weighted by Gasteiger charge is 2.41. The fourth-order valence-corrected chi connectivity index (χ4v) is 4.48. The lowest BCUT2D eigenvalue weighted by atomic mass is 9.90. The number of carbonyl (C=O) groups is 1. The summed E-state index contributed by atoms with van der Waals surface area (Å²) >= 11 is 6.47. The molecule has 3 aromatic rings. The standard InChI is InChI=1S/C21H20ClFN4O3/c1-29-14-8-15(30-2)17(23)19(16(14)22)26-10-11-9-25-20-13(6-7-24-20)18(11)27(21(26)28)12-4-3-5-12/h6-9,12H,3-5,10H2,1-2H3,(H,24,25). The normalized spacial score (nSPS) is 16.6. The largest absolute Gasteiger partial charge is 0.495 e. The summed E-state index contributed by atoms with van der Waals surface area (Å²) in [5, 5.41) is 0.902. The van der Waals surface area contributed by atoms with E-state index in [1.165, 1.54) is 25.2 Å². The molecule has 0 spiro atoms. The van der Waals surface area contributed by atoms with Gasteiger partial charge in [0.1, 0.15) is 22.1 Å². The number of methoxy groups -OCH3 is 2. The molecule has 30 heavy (non-hydrogen) atoms. The van der Waals surface area contributed by atoms with Gasteiger partial charge in [-0.2, -0.15) is 0 Å². The van der Waals surface area contributed by atoms with Crippen LogP contribution in [0.5, 0.6) is 11.5 Å². The number of carbonyl (C=O) groups excluding carboxylic acids is 1. The number of H-pyrrole nitrogens is 1. The van der Waals surface area contributed by atoms with Crippen molar-refractivity contribution in [1.82, 2.24) is 9.97 Å². The lowest BCUT2D eigenvalue weighted by Crippen LogP contribution is -2.54. The maximum atomic E-state index is 15.3. The van der Waals surface area contributed by atoms with E-state index < -0.39 is 5.82 Å². The van der Waals surface area contributed by atoms with E-state index in [-0.39, 0.29) is 40.8 Å². The Bertz CT molecular complexity index is 1130. The van der Waals surface area contributed by atoms with E-state index in [1.54, 1.807) is 17.3 Å². The number of nitrogens with zero attached hydrogens (tertiary/aromatic N) is 3. The third-order valence-electron chi connectivity index (χ3n) is 5.90. The minimum absolute atomic E-state index is 0.0249. The summed E-state index contributed by atoms with van der Waals surface area (Å²) in [6, 6.07) is 3.02. The van der Waals surface area contributed by atoms with E-state index in [1.807, 2.05) is 6.07 Å². The Kier molecular flexibility index (Phi) is 4.47. The number of rotatable bonds is 4. The number of hydrogen-bond donors (Lipinski definition) is 1. The molecule has 2 aromatic heterocycles. The van der Waals surface area contributed by atoms with Crippen molar-refractivity contribution in [2.45, 2.75) is 31.8 Å². The molecular formula is C21H20ClFN4O3. The van der Waals surface area contributed by atoms with Crippen LogP contribution in [-0.4, -0.2) is 36.3 Å². The number of urea groups is 1. The van der Waals surface area contributed by atoms with Crippen molar-refractivity contribution < 1.29 is 18.7 Å². The molecule has 1 N–H and O–H groups in total. The van der Waals surface area contributed by atoms with Crippen molar-refractivity contribution in [2.24, 2.45) is 0 Å². The second-order valence-corrected chi connectivity index (χ2v) is 7.83. The Hall–Kier alpha value is -3.00. The Balaban J connectivity index is 1.71. The van der Waals surface area contributed by atoms with Gasteiger partial charge in [0.05, 0.1) is 26.5 Å². The van der Waals surface area contributed by atoms with Crippen molar-refractivity contribution in [3.05, 3.63) is 40.9 Å². The average molecular weight is 431 g/mol. The maximum Gasteiger partial charge on any atom is 0.329 e. The first-order valence-electron chi connectivity index (χ1n) is 9.70. The van der Waals surface area contributed by atoms with Crippen molar-refractivity contribution in [3.63, 3.8) is 0 Å². The Morgan fingerprint density at radius 1 is 1.23 bits per heavy atom. The van der Waals surface area contributed by atoms with Gasteiger partial charge in [0, 0.05) is 35.5 Å². The average Bonchev–Trinajstić information content (AvgIpc) is 3.18. The molecule has 7 nitrogen and oxygen atoms in total. The van der Waals surface area contributed by atoms with Crippen LogP contribution in [0, 0.1) is 5.82 Å². The van der Waals surface area contributed by atoms with E-state index >= 15 is 4.39 Å². The fourth-order valence-electron chi connectivity index (χ4n) is 4.17. The van der Waals surface area contributed by atoms with E-state index in [0.29, 0.717) is 5.65 Å². The highest BCUT2D eigenvalue weighted by molar-refractivity contribution is 6.35. The topological polar surface area (TPSA) is 70.7 Å². The van der Waals surface area contributed by atoms with Crippen LogP contribution in [0.15, 0.2) is 24.5 Å². The highest BCUT2D eigenvalue weighted by atomic mass is 35.5. The number of amides is 2. The van der Waals surface area contributed by atoms with Gasteiger partial charge < -0.3 is 14.5 Å². The predicted molar refractivity (Wildman–Crippen MR) is 112 cm³/mol. The molecule has 2 amide bonds. The number of benzene rings is 1. The lowest BCUT2D eigenvalue weighted by molar-refractivity contribution is 0.242. The van der Waals surface area contributed by atoms with Gasteiger partial charge in [0.15, 0.2) is 11.6 Å². The molecule has 2 aliphatic rings. The summed E-state index contributed by atoms with van der Waals surface area (Å²) in [5.74, 6) is -0.512. The maximum absolute atomic E-state index is 15.3. The van der Waals surface area contributed by atoms with Crippen LogP contribution in [0.3, 0.4) is 0 Å². The number of ether oxygens (including phenoxy) is 2. The van der Waals surface area contributed by atoms with Crippen molar-refractivity contribution in [1.29, 1.82) is 0 Å². The summed E-state index contributed by atoms with van der Waals surface area (Å²) < 4.78 is 25.8. The summed E-state index contributed by atoms with van der Waals surface area (Å²) in [4.78, 5) is 24.4. The summed E-state index contributed by atoms with van der Waals surface area (Å²) in [5.41, 5.74) is 2.32. The molecule has 5 rings (SSSR count). The summed E-state index contributed by atoms with van der Waals surface area (Å²) in [7, 11) is 2.79. The van der Waals surface area contributed by atoms with Gasteiger partial charge >= 0.3 is 6.03 Å². The first-order chi connectivity index (χ1) is 14.5. The van der Waals surface area contributed by atoms with Crippen LogP contribution < -0.4 is 19.3 Å². The molecule has 1 aliphatic carbocycles. The predicted octanol–water partition coefficient (Wildman–Crippen LogP) is 4.87. The summed E-state index contributed by atoms with van der Waals surface area (Å²) in [6.07, 6.45) is 6.36. The van der Waals surface area contributed by atoms with Gasteiger partial charge in [-0.25, -0.2) is 14.2 Å². The third kappa shape index (κ3) is 2.63. The molecule has 156 valence electrons. The van der Waals surface area contributed by atoms with E-state index in [0.717, 1.165) is 35.9 Å². The monoisotopic (exact) mass is 430 g/mol. The number of halogens is 2. The van der Waals surface area contributed by atoms with Crippen LogP contribution in [0.25, 0.3) is 11.0 Å². The zero-order valence-corrected chi connectivity index (χ0v) is 17.3. The van der Waals surface area contributed by atoms with Gasteiger partial charge in [-0.05, 0) is 25.3 Å². The van der Waals surface area contributed by atoms with Crippen molar-refractivity contribution in [2.75, 3.05) is 24.0 Å². The molecule has 0 radical (unpaired) electrons. The number of aromatic amines is 1. The fraction of sp³-hybridized carbons (Fsp3) is 0.333. The molecule has 0 saturated heterocycles. The SMILES string of the molecule is COc1cc(OC)c(Cl)c(N2Cc3cnc4[nH]ccc4c3N(C3CCC3)C2=O)c1F. The van der Waals surface area contributed by atoms with E-state index in [4.69, 9.17) is 21.1 Å². The number of fused-ring (bicyclic) bond motifs is 3.